The van der Waals surface area contributed by atoms with Crippen molar-refractivity contribution < 1.29 is 17.9 Å². The van der Waals surface area contributed by atoms with Crippen molar-refractivity contribution in [3.05, 3.63) is 18.3 Å². The predicted molar refractivity (Wildman–Crippen MR) is 113 cm³/mol. The van der Waals surface area contributed by atoms with E-state index in [4.69, 9.17) is 9.88 Å². The van der Waals surface area contributed by atoms with Crippen LogP contribution >= 0.6 is 0 Å². The van der Waals surface area contributed by atoms with E-state index in [0.717, 1.165) is 38.8 Å². The Balaban J connectivity index is 1.73. The largest absolute Gasteiger partial charge is 0.444 e. The van der Waals surface area contributed by atoms with E-state index in [0.29, 0.717) is 11.7 Å². The summed E-state index contributed by atoms with van der Waals surface area (Å²) >= 11 is 0. The van der Waals surface area contributed by atoms with Gasteiger partial charge in [0.2, 0.25) is 10.0 Å². The fourth-order valence-corrected chi connectivity index (χ4v) is 4.10. The molecule has 0 saturated carbocycles. The van der Waals surface area contributed by atoms with Crippen LogP contribution in [0, 0.1) is 5.92 Å². The molecule has 0 aromatic carbocycles. The second-order valence-electron chi connectivity index (χ2n) is 9.32. The number of hydrogen-bond acceptors (Lipinski definition) is 6. The Bertz CT molecular complexity index is 801. The van der Waals surface area contributed by atoms with Gasteiger partial charge in [-0.15, -0.1) is 0 Å². The summed E-state index contributed by atoms with van der Waals surface area (Å²) in [6.45, 7) is 11.3. The van der Waals surface area contributed by atoms with Crippen molar-refractivity contribution in [3.8, 4) is 0 Å². The fraction of sp³-hybridized carbons (Fsp3) is 0.700. The molecule has 1 aromatic heterocycles. The van der Waals surface area contributed by atoms with Crippen LogP contribution in [0.25, 0.3) is 0 Å². The normalized spacial score (nSPS) is 19.2. The number of amides is 1. The van der Waals surface area contributed by atoms with E-state index in [-0.39, 0.29) is 16.5 Å². The van der Waals surface area contributed by atoms with Gasteiger partial charge >= 0.3 is 6.09 Å². The van der Waals surface area contributed by atoms with Gasteiger partial charge in [-0.3, -0.25) is 0 Å². The summed E-state index contributed by atoms with van der Waals surface area (Å²) in [6.07, 6.45) is 5.02. The highest BCUT2D eigenvalue weighted by Crippen LogP contribution is 2.36. The first-order valence-corrected chi connectivity index (χ1v) is 11.6. The Morgan fingerprint density at radius 2 is 2.03 bits per heavy atom. The number of sulfonamides is 1. The van der Waals surface area contributed by atoms with Gasteiger partial charge in [0.15, 0.2) is 0 Å². The number of nitrogens with one attached hydrogen (secondary N) is 1. The van der Waals surface area contributed by atoms with Crippen LogP contribution in [-0.4, -0.2) is 48.6 Å². The molecule has 1 aliphatic rings. The first kappa shape index (κ1) is 23.4. The highest BCUT2D eigenvalue weighted by molar-refractivity contribution is 7.89. The molecule has 0 aliphatic carbocycles. The third kappa shape index (κ3) is 7.15. The molecule has 1 aliphatic heterocycles. The van der Waals surface area contributed by atoms with E-state index in [1.165, 1.54) is 12.3 Å². The highest BCUT2D eigenvalue weighted by atomic mass is 32.2. The van der Waals surface area contributed by atoms with Crippen LogP contribution < -0.4 is 10.5 Å². The van der Waals surface area contributed by atoms with Gasteiger partial charge in [0.25, 0.3) is 0 Å². The number of carbonyl (C=O) groups is 1. The number of primary sulfonamides is 1. The molecule has 1 saturated heterocycles. The molecule has 0 bridgehead atoms. The Hall–Kier alpha value is -1.87. The molecule has 164 valence electrons. The number of hydrogen-bond donors (Lipinski definition) is 2. The van der Waals surface area contributed by atoms with Crippen molar-refractivity contribution in [2.24, 2.45) is 11.1 Å². The Morgan fingerprint density at radius 1 is 1.34 bits per heavy atom. The molecule has 0 unspecified atom stereocenters. The van der Waals surface area contributed by atoms with Crippen LogP contribution in [-0.2, 0) is 14.8 Å². The molecule has 1 atom stereocenters. The van der Waals surface area contributed by atoms with Crippen LogP contribution in [0.2, 0.25) is 0 Å². The molecule has 1 aromatic rings. The summed E-state index contributed by atoms with van der Waals surface area (Å²) in [5.74, 6) is 1.08. The summed E-state index contributed by atoms with van der Waals surface area (Å²) in [5.41, 5.74) is -0.683. The van der Waals surface area contributed by atoms with Crippen molar-refractivity contribution >= 4 is 21.9 Å². The molecular weight excluding hydrogens is 392 g/mol. The molecule has 3 N–H and O–H groups in total. The zero-order valence-electron chi connectivity index (χ0n) is 18.1. The zero-order chi connectivity index (χ0) is 21.9. The van der Waals surface area contributed by atoms with Gasteiger partial charge in [-0.2, -0.15) is 0 Å². The number of anilines is 1. The molecule has 0 radical (unpaired) electrons. The number of rotatable bonds is 7. The average molecular weight is 427 g/mol. The fourth-order valence-electron chi connectivity index (χ4n) is 3.65. The van der Waals surface area contributed by atoms with Gasteiger partial charge in [-0.25, -0.2) is 23.3 Å². The lowest BCUT2D eigenvalue weighted by Gasteiger charge is -2.33. The maximum atomic E-state index is 12.5. The van der Waals surface area contributed by atoms with Crippen molar-refractivity contribution in [2.75, 3.05) is 18.4 Å². The van der Waals surface area contributed by atoms with Crippen LogP contribution in [0.3, 0.4) is 0 Å². The Morgan fingerprint density at radius 3 is 2.59 bits per heavy atom. The van der Waals surface area contributed by atoms with Crippen LogP contribution in [0.4, 0.5) is 10.6 Å². The number of likely N-dealkylation sites (tertiary alicyclic amines) is 1. The van der Waals surface area contributed by atoms with Gasteiger partial charge in [-0.05, 0) is 71.9 Å². The first-order chi connectivity index (χ1) is 13.3. The third-order valence-corrected chi connectivity index (χ3v) is 5.88. The van der Waals surface area contributed by atoms with Crippen molar-refractivity contribution in [1.29, 1.82) is 0 Å². The predicted octanol–water partition coefficient (Wildman–Crippen LogP) is 3.35. The summed E-state index contributed by atoms with van der Waals surface area (Å²) in [4.78, 5) is 18.4. The smallest absolute Gasteiger partial charge is 0.410 e. The standard InChI is InChI=1S/C20H34N4O4S/c1-19(2,3)28-18(25)24-14-15(12-20(24,4)5)8-6-7-11-22-17-10-9-16(13-23-17)29(21,26)27/h9-10,13,15H,6-8,11-12,14H2,1-5H3,(H,22,23)(H2,21,26,27)/t15-/m0/s1. The van der Waals surface area contributed by atoms with Gasteiger partial charge in [-0.1, -0.05) is 6.42 Å². The zero-order valence-corrected chi connectivity index (χ0v) is 18.9. The third-order valence-electron chi connectivity index (χ3n) is 4.98. The molecule has 2 rings (SSSR count). The molecule has 8 nitrogen and oxygen atoms in total. The van der Waals surface area contributed by atoms with E-state index in [1.807, 2.05) is 25.7 Å². The van der Waals surface area contributed by atoms with E-state index in [9.17, 15) is 13.2 Å². The van der Waals surface area contributed by atoms with Gasteiger partial charge < -0.3 is 15.0 Å². The molecule has 0 spiro atoms. The van der Waals surface area contributed by atoms with E-state index in [2.05, 4.69) is 24.1 Å². The monoisotopic (exact) mass is 426 g/mol. The quantitative estimate of drug-likeness (QED) is 0.646. The van der Waals surface area contributed by atoms with E-state index >= 15 is 0 Å². The number of pyridine rings is 1. The second kappa shape index (κ2) is 8.87. The minimum Gasteiger partial charge on any atom is -0.444 e. The maximum Gasteiger partial charge on any atom is 0.410 e. The molecule has 29 heavy (non-hydrogen) atoms. The summed E-state index contributed by atoms with van der Waals surface area (Å²) in [5, 5.41) is 8.25. The number of aromatic nitrogens is 1. The van der Waals surface area contributed by atoms with Crippen LogP contribution in [0.1, 0.15) is 60.3 Å². The first-order valence-electron chi connectivity index (χ1n) is 10.0. The summed E-state index contributed by atoms with van der Waals surface area (Å²) in [7, 11) is -3.72. The van der Waals surface area contributed by atoms with Gasteiger partial charge in [0.1, 0.15) is 16.3 Å². The topological polar surface area (TPSA) is 115 Å². The van der Waals surface area contributed by atoms with Crippen molar-refractivity contribution in [2.45, 2.75) is 76.3 Å². The highest BCUT2D eigenvalue weighted by Gasteiger charge is 2.42. The molecule has 9 heteroatoms. The lowest BCUT2D eigenvalue weighted by Crippen LogP contribution is -2.45. The van der Waals surface area contributed by atoms with Crippen LogP contribution in [0.5, 0.6) is 0 Å². The second-order valence-corrected chi connectivity index (χ2v) is 10.9. The lowest BCUT2D eigenvalue weighted by atomic mass is 9.93. The number of nitrogens with zero attached hydrogens (tertiary/aromatic N) is 2. The maximum absolute atomic E-state index is 12.5. The lowest BCUT2D eigenvalue weighted by molar-refractivity contribution is 0.0131. The summed E-state index contributed by atoms with van der Waals surface area (Å²) < 4.78 is 28.0. The van der Waals surface area contributed by atoms with Crippen molar-refractivity contribution in [3.63, 3.8) is 0 Å². The molecule has 2 heterocycles. The van der Waals surface area contributed by atoms with Crippen molar-refractivity contribution in [1.82, 2.24) is 9.88 Å². The van der Waals surface area contributed by atoms with Gasteiger partial charge in [0, 0.05) is 24.8 Å². The van der Waals surface area contributed by atoms with E-state index < -0.39 is 15.6 Å². The molecule has 1 fully saturated rings. The number of ether oxygens (including phenoxy) is 1. The Kier molecular flexibility index (Phi) is 7.16. The number of nitrogens with two attached hydrogens (primary N) is 1. The number of unbranched alkanes of at least 4 members (excludes halogenated alkanes) is 1. The SMILES string of the molecule is CC(C)(C)OC(=O)N1C[C@@H](CCCCNc2ccc(S(N)(=O)=O)cn2)CC1(C)C. The van der Waals surface area contributed by atoms with E-state index in [1.54, 1.807) is 6.07 Å². The summed E-state index contributed by atoms with van der Waals surface area (Å²) in [6, 6.07) is 3.05. The minimum atomic E-state index is -3.72. The number of carbonyl (C=O) groups excluding carboxylic acids is 1. The average Bonchev–Trinajstić information content (AvgIpc) is 2.87. The molecule has 1 amide bonds. The van der Waals surface area contributed by atoms with Crippen LogP contribution in [0.15, 0.2) is 23.2 Å². The van der Waals surface area contributed by atoms with Gasteiger partial charge in [0.05, 0.1) is 0 Å². The Labute approximate surface area is 174 Å². The minimum absolute atomic E-state index is 0.00133. The molecular formula is C20H34N4O4S.